The summed E-state index contributed by atoms with van der Waals surface area (Å²) in [7, 11) is 0.836. The van der Waals surface area contributed by atoms with Gasteiger partial charge in [0.2, 0.25) is 0 Å². The van der Waals surface area contributed by atoms with Gasteiger partial charge in [0.1, 0.15) is 5.54 Å². The minimum Gasteiger partial charge on any atom is -0.428 e. The van der Waals surface area contributed by atoms with E-state index in [4.69, 9.17) is 6.42 Å². The predicted molar refractivity (Wildman–Crippen MR) is 125 cm³/mol. The van der Waals surface area contributed by atoms with Crippen molar-refractivity contribution < 1.29 is 53.4 Å². The lowest BCUT2D eigenvalue weighted by Crippen LogP contribution is -2.42. The Hall–Kier alpha value is -4.74. The zero-order valence-corrected chi connectivity index (χ0v) is 21.4. The number of benzene rings is 1. The molecule has 0 bridgehead atoms. The summed E-state index contributed by atoms with van der Waals surface area (Å²) in [6.45, 7) is -4.34. The number of hydrogen-bond donors (Lipinski definition) is 0. The summed E-state index contributed by atoms with van der Waals surface area (Å²) >= 11 is 0. The van der Waals surface area contributed by atoms with Gasteiger partial charge < -0.3 is 9.64 Å². The van der Waals surface area contributed by atoms with Crippen LogP contribution in [0.5, 0.6) is 5.75 Å². The van der Waals surface area contributed by atoms with Gasteiger partial charge in [0.05, 0.1) is 29.9 Å². The van der Waals surface area contributed by atoms with Crippen molar-refractivity contribution in [3.05, 3.63) is 47.4 Å². The zero-order chi connectivity index (χ0) is 32.1. The van der Waals surface area contributed by atoms with Crippen molar-refractivity contribution in [2.75, 3.05) is 6.54 Å². The Morgan fingerprint density at radius 3 is 2.33 bits per heavy atom. The summed E-state index contributed by atoms with van der Waals surface area (Å²) in [5, 5.41) is 16.3. The van der Waals surface area contributed by atoms with Crippen molar-refractivity contribution in [3.8, 4) is 41.1 Å². The van der Waals surface area contributed by atoms with Crippen LogP contribution in [0, 0.1) is 23.7 Å². The van der Waals surface area contributed by atoms with Crippen LogP contribution in [0.25, 0.3) is 16.9 Å². The van der Waals surface area contributed by atoms with E-state index in [0.29, 0.717) is 15.4 Å². The second kappa shape index (κ2) is 10.5. The molecule has 0 saturated heterocycles. The number of carbonyl (C=O) groups is 1. The summed E-state index contributed by atoms with van der Waals surface area (Å²) < 4.78 is 140. The smallest absolute Gasteiger partial charge is 0.428 e. The first-order chi connectivity index (χ1) is 19.9. The molecular formula is C25H16F10N6O2. The van der Waals surface area contributed by atoms with Crippen molar-refractivity contribution in [2.24, 2.45) is 7.05 Å². The highest BCUT2D eigenvalue weighted by molar-refractivity contribution is 5.98. The van der Waals surface area contributed by atoms with Gasteiger partial charge in [0.15, 0.2) is 17.3 Å². The third-order valence-corrected chi connectivity index (χ3v) is 6.47. The third kappa shape index (κ3) is 5.56. The fraction of sp³-hybridized carbons (Fsp3) is 0.360. The molecule has 0 radical (unpaired) electrons. The van der Waals surface area contributed by atoms with Crippen LogP contribution in [-0.4, -0.2) is 55.2 Å². The van der Waals surface area contributed by atoms with E-state index in [9.17, 15) is 54.0 Å². The molecule has 3 aromatic rings. The molecule has 0 N–H and O–H groups in total. The van der Waals surface area contributed by atoms with Crippen LogP contribution in [0.1, 0.15) is 34.5 Å². The predicted octanol–water partition coefficient (Wildman–Crippen LogP) is 5.68. The Kier molecular flexibility index (Phi) is 7.63. The largest absolute Gasteiger partial charge is 0.459 e. The van der Waals surface area contributed by atoms with Crippen molar-refractivity contribution >= 4 is 5.91 Å². The molecule has 1 saturated carbocycles. The summed E-state index contributed by atoms with van der Waals surface area (Å²) in [6.07, 6.45) is -3.85. The molecule has 1 aliphatic carbocycles. The van der Waals surface area contributed by atoms with E-state index in [1.165, 1.54) is 0 Å². The van der Waals surface area contributed by atoms with E-state index >= 15 is 0 Å². The maximum atomic E-state index is 14.1. The Balaban J connectivity index is 1.83. The molecule has 0 aliphatic heterocycles. The monoisotopic (exact) mass is 622 g/mol. The first-order valence-corrected chi connectivity index (χ1v) is 11.8. The maximum Gasteiger partial charge on any atom is 0.459 e. The van der Waals surface area contributed by atoms with Crippen molar-refractivity contribution in [1.82, 2.24) is 24.5 Å². The molecule has 228 valence electrons. The van der Waals surface area contributed by atoms with Crippen molar-refractivity contribution in [2.45, 2.75) is 43.3 Å². The van der Waals surface area contributed by atoms with Crippen LogP contribution in [0.4, 0.5) is 43.9 Å². The Morgan fingerprint density at radius 2 is 1.81 bits per heavy atom. The van der Waals surface area contributed by atoms with Gasteiger partial charge in [-0.15, -0.1) is 6.42 Å². The summed E-state index contributed by atoms with van der Waals surface area (Å²) in [5.41, 5.74) is -6.11. The molecule has 0 unspecified atom stereocenters. The fourth-order valence-electron chi connectivity index (χ4n) is 4.24. The van der Waals surface area contributed by atoms with E-state index in [1.54, 1.807) is 0 Å². The Bertz CT molecular complexity index is 1640. The van der Waals surface area contributed by atoms with Crippen LogP contribution >= 0.6 is 0 Å². The minimum absolute atomic E-state index is 0.124. The molecule has 18 heteroatoms. The number of nitrogens with zero attached hydrogens (tertiary/aromatic N) is 6. The van der Waals surface area contributed by atoms with Gasteiger partial charge in [0, 0.05) is 18.8 Å². The second-order valence-corrected chi connectivity index (χ2v) is 9.25. The van der Waals surface area contributed by atoms with E-state index in [1.807, 2.05) is 6.07 Å². The standard InChI is InChI=1S/C25H16F10N6O2/c1-3-8-40(22(12-36)6-7-22)20(42)15-9-13(4-5-16(15)24(30,31)32)14-10-37-41(11-14)19-17(43-21(26)27)18(38-39(19)2)23(28,29)25(33,34)35/h1,4-5,9-11,21H,6-8H2,2H3. The number of alkyl halides is 10. The topological polar surface area (TPSA) is 89.0 Å². The molecule has 0 atom stereocenters. The van der Waals surface area contributed by atoms with Gasteiger partial charge in [-0.25, -0.2) is 9.36 Å². The fourth-order valence-corrected chi connectivity index (χ4v) is 4.24. The maximum absolute atomic E-state index is 14.1. The highest BCUT2D eigenvalue weighted by atomic mass is 19.4. The van der Waals surface area contributed by atoms with Crippen LogP contribution in [0.2, 0.25) is 0 Å². The third-order valence-electron chi connectivity index (χ3n) is 6.47. The molecule has 2 aromatic heterocycles. The lowest BCUT2D eigenvalue weighted by molar-refractivity contribution is -0.291. The quantitative estimate of drug-likeness (QED) is 0.239. The van der Waals surface area contributed by atoms with Crippen LogP contribution < -0.4 is 4.74 Å². The van der Waals surface area contributed by atoms with Crippen LogP contribution in [-0.2, 0) is 19.1 Å². The van der Waals surface area contributed by atoms with Gasteiger partial charge in [-0.1, -0.05) is 12.0 Å². The number of aromatic nitrogens is 4. The molecule has 4 rings (SSSR count). The van der Waals surface area contributed by atoms with Gasteiger partial charge in [0.25, 0.3) is 5.91 Å². The minimum atomic E-state index is -6.24. The highest BCUT2D eigenvalue weighted by Crippen LogP contribution is 2.48. The lowest BCUT2D eigenvalue weighted by atomic mass is 9.98. The van der Waals surface area contributed by atoms with Crippen LogP contribution in [0.15, 0.2) is 30.6 Å². The van der Waals surface area contributed by atoms with Crippen molar-refractivity contribution in [3.63, 3.8) is 0 Å². The molecule has 43 heavy (non-hydrogen) atoms. The number of nitriles is 1. The number of amides is 1. The average molecular weight is 622 g/mol. The van der Waals surface area contributed by atoms with Crippen molar-refractivity contribution in [1.29, 1.82) is 5.26 Å². The second-order valence-electron chi connectivity index (χ2n) is 9.25. The highest BCUT2D eigenvalue weighted by Gasteiger charge is 2.63. The first kappa shape index (κ1) is 31.2. The number of ether oxygens (including phenoxy) is 1. The SMILES string of the molecule is C#CCN(C(=O)c1cc(-c2cnn(-c3c(OC(F)F)c(C(F)(F)C(F)(F)F)nn3C)c2)ccc1C(F)(F)F)C1(C#N)CC1. The Morgan fingerprint density at radius 1 is 1.16 bits per heavy atom. The average Bonchev–Trinajstić information content (AvgIpc) is 3.43. The van der Waals surface area contributed by atoms with E-state index in [2.05, 4.69) is 20.9 Å². The van der Waals surface area contributed by atoms with E-state index < -0.39 is 71.3 Å². The number of rotatable bonds is 8. The molecular weight excluding hydrogens is 606 g/mol. The van der Waals surface area contributed by atoms with Gasteiger partial charge in [-0.05, 0) is 30.5 Å². The summed E-state index contributed by atoms with van der Waals surface area (Å²) in [5.74, 6) is -7.36. The molecule has 1 aromatic carbocycles. The number of terminal acetylenes is 1. The number of hydrogen-bond acceptors (Lipinski definition) is 5. The zero-order valence-electron chi connectivity index (χ0n) is 21.4. The molecule has 1 fully saturated rings. The summed E-state index contributed by atoms with van der Waals surface area (Å²) in [4.78, 5) is 14.2. The number of carbonyl (C=O) groups excluding carboxylic acids is 1. The molecule has 2 heterocycles. The molecule has 8 nitrogen and oxygen atoms in total. The van der Waals surface area contributed by atoms with Crippen LogP contribution in [0.3, 0.4) is 0 Å². The van der Waals surface area contributed by atoms with Gasteiger partial charge >= 0.3 is 24.9 Å². The normalized spacial score (nSPS) is 14.7. The Labute approximate surface area is 235 Å². The van der Waals surface area contributed by atoms with Gasteiger partial charge in [-0.2, -0.15) is 59.4 Å². The summed E-state index contributed by atoms with van der Waals surface area (Å²) in [6, 6.07) is 4.14. The number of aryl methyl sites for hydroxylation is 1. The lowest BCUT2D eigenvalue weighted by Gasteiger charge is -2.26. The first-order valence-electron chi connectivity index (χ1n) is 11.8. The number of halogens is 10. The van der Waals surface area contributed by atoms with E-state index in [-0.39, 0.29) is 24.0 Å². The van der Waals surface area contributed by atoms with E-state index in [0.717, 1.165) is 36.5 Å². The van der Waals surface area contributed by atoms with Gasteiger partial charge in [-0.3, -0.25) is 4.79 Å². The molecule has 0 spiro atoms. The molecule has 1 aliphatic rings. The molecule has 1 amide bonds.